The fourth-order valence-corrected chi connectivity index (χ4v) is 3.74. The topological polar surface area (TPSA) is 200 Å². The normalized spacial score (nSPS) is 14.7. The molecule has 0 aromatic heterocycles. The number of amides is 3. The van der Waals surface area contributed by atoms with Crippen molar-refractivity contribution in [1.29, 1.82) is 0 Å². The summed E-state index contributed by atoms with van der Waals surface area (Å²) in [5.41, 5.74) is 2.91. The van der Waals surface area contributed by atoms with E-state index in [2.05, 4.69) is 21.2 Å². The SMILES string of the molecule is CCOC(=O)C1=C(C)NC(=O)N[C@@H]1c1ccc(OCC(=O)N/N=C\c2cc(OC)c(O)c([N+](=O)[O-])c2)c(OC)c1. The van der Waals surface area contributed by atoms with Crippen molar-refractivity contribution in [2.45, 2.75) is 19.9 Å². The quantitative estimate of drug-likeness (QED) is 0.137. The molecule has 15 heteroatoms. The number of nitrogens with zero attached hydrogens (tertiary/aromatic N) is 2. The molecule has 0 spiro atoms. The van der Waals surface area contributed by atoms with Gasteiger partial charge in [-0.15, -0.1) is 0 Å². The van der Waals surface area contributed by atoms with Crippen LogP contribution in [0.15, 0.2) is 46.7 Å². The van der Waals surface area contributed by atoms with Gasteiger partial charge in [0.1, 0.15) is 0 Å². The van der Waals surface area contributed by atoms with Crippen LogP contribution in [0.2, 0.25) is 0 Å². The average molecular weight is 558 g/mol. The molecule has 0 saturated carbocycles. The van der Waals surface area contributed by atoms with E-state index in [-0.39, 0.29) is 35.0 Å². The Morgan fingerprint density at radius 1 is 1.18 bits per heavy atom. The largest absolute Gasteiger partial charge is 0.500 e. The highest BCUT2D eigenvalue weighted by atomic mass is 16.6. The molecule has 1 atom stereocenters. The van der Waals surface area contributed by atoms with E-state index in [1.807, 2.05) is 0 Å². The number of carbonyl (C=O) groups is 3. The first-order valence-corrected chi connectivity index (χ1v) is 11.7. The van der Waals surface area contributed by atoms with Crippen molar-refractivity contribution in [3.8, 4) is 23.0 Å². The third kappa shape index (κ3) is 6.75. The lowest BCUT2D eigenvalue weighted by Crippen LogP contribution is -2.45. The van der Waals surface area contributed by atoms with Crippen LogP contribution in [0.4, 0.5) is 10.5 Å². The van der Waals surface area contributed by atoms with Crippen LogP contribution < -0.4 is 30.3 Å². The zero-order chi connectivity index (χ0) is 29.4. The number of benzene rings is 2. The standard InChI is InChI=1S/C25H27N5O10/c1-5-39-24(33)21-13(2)27-25(34)28-22(21)15-6-7-17(18(10-15)37-3)40-12-20(31)29-26-11-14-8-16(30(35)36)23(32)19(9-14)38-4/h6-11,22,32H,5,12H2,1-4H3,(H,29,31)(H2,27,28,34)/b26-11-/t22-/m1/s1. The lowest BCUT2D eigenvalue weighted by molar-refractivity contribution is -0.386. The summed E-state index contributed by atoms with van der Waals surface area (Å²) < 4.78 is 21.0. The molecule has 1 aliphatic heterocycles. The minimum Gasteiger partial charge on any atom is -0.500 e. The number of phenolic OH excluding ortho intramolecular Hbond substituents is 1. The zero-order valence-electron chi connectivity index (χ0n) is 22.0. The van der Waals surface area contributed by atoms with Gasteiger partial charge in [-0.05, 0) is 37.6 Å². The summed E-state index contributed by atoms with van der Waals surface area (Å²) in [6, 6.07) is 5.72. The van der Waals surface area contributed by atoms with Gasteiger partial charge in [0, 0.05) is 17.3 Å². The summed E-state index contributed by atoms with van der Waals surface area (Å²) >= 11 is 0. The average Bonchev–Trinajstić information content (AvgIpc) is 2.91. The Morgan fingerprint density at radius 2 is 1.90 bits per heavy atom. The number of aromatic hydroxyl groups is 1. The van der Waals surface area contributed by atoms with E-state index in [0.717, 1.165) is 12.3 Å². The van der Waals surface area contributed by atoms with E-state index in [9.17, 15) is 29.6 Å². The Morgan fingerprint density at radius 3 is 2.55 bits per heavy atom. The van der Waals surface area contributed by atoms with E-state index in [4.69, 9.17) is 18.9 Å². The minimum atomic E-state index is -0.817. The number of allylic oxidation sites excluding steroid dienone is 1. The van der Waals surface area contributed by atoms with Crippen molar-refractivity contribution >= 4 is 29.8 Å². The lowest BCUT2D eigenvalue weighted by Gasteiger charge is -2.28. The van der Waals surface area contributed by atoms with Crippen molar-refractivity contribution in [2.75, 3.05) is 27.4 Å². The maximum atomic E-state index is 12.5. The summed E-state index contributed by atoms with van der Waals surface area (Å²) in [4.78, 5) is 47.2. The molecular weight excluding hydrogens is 530 g/mol. The smallest absolute Gasteiger partial charge is 0.338 e. The highest BCUT2D eigenvalue weighted by Crippen LogP contribution is 2.37. The first-order valence-electron chi connectivity index (χ1n) is 11.7. The van der Waals surface area contributed by atoms with Crippen LogP contribution >= 0.6 is 0 Å². The van der Waals surface area contributed by atoms with Crippen LogP contribution in [-0.2, 0) is 14.3 Å². The molecule has 3 amide bonds. The Bertz CT molecular complexity index is 1390. The maximum Gasteiger partial charge on any atom is 0.338 e. The van der Waals surface area contributed by atoms with E-state index in [0.29, 0.717) is 11.3 Å². The predicted molar refractivity (Wildman–Crippen MR) is 139 cm³/mol. The number of rotatable bonds is 11. The fraction of sp³-hybridized carbons (Fsp3) is 0.280. The summed E-state index contributed by atoms with van der Waals surface area (Å²) in [7, 11) is 2.62. The molecule has 1 heterocycles. The summed E-state index contributed by atoms with van der Waals surface area (Å²) in [6.07, 6.45) is 1.13. The predicted octanol–water partition coefficient (Wildman–Crippen LogP) is 2.04. The number of nitro benzene ring substituents is 1. The number of phenols is 1. The summed E-state index contributed by atoms with van der Waals surface area (Å²) in [6.45, 7) is 2.95. The van der Waals surface area contributed by atoms with E-state index in [1.165, 1.54) is 26.4 Å². The van der Waals surface area contributed by atoms with Gasteiger partial charge in [-0.3, -0.25) is 14.9 Å². The number of ether oxygens (including phenoxy) is 4. The van der Waals surface area contributed by atoms with E-state index >= 15 is 0 Å². The van der Waals surface area contributed by atoms with Crippen LogP contribution in [0.25, 0.3) is 0 Å². The molecule has 4 N–H and O–H groups in total. The van der Waals surface area contributed by atoms with Crippen molar-refractivity contribution in [3.05, 3.63) is 62.8 Å². The van der Waals surface area contributed by atoms with Crippen LogP contribution in [0.1, 0.15) is 31.0 Å². The molecule has 212 valence electrons. The molecule has 0 radical (unpaired) electrons. The number of hydrazone groups is 1. The molecule has 0 unspecified atom stereocenters. The van der Waals surface area contributed by atoms with Crippen LogP contribution in [-0.4, -0.2) is 61.6 Å². The van der Waals surface area contributed by atoms with Crippen LogP contribution in [0.5, 0.6) is 23.0 Å². The highest BCUT2D eigenvalue weighted by molar-refractivity contribution is 5.95. The summed E-state index contributed by atoms with van der Waals surface area (Å²) in [5.74, 6) is -1.59. The second kappa shape index (κ2) is 12.9. The first kappa shape index (κ1) is 29.2. The van der Waals surface area contributed by atoms with Gasteiger partial charge in [0.25, 0.3) is 5.91 Å². The molecular formula is C25H27N5O10. The third-order valence-electron chi connectivity index (χ3n) is 5.54. The number of hydrogen-bond acceptors (Lipinski definition) is 11. The molecule has 0 fully saturated rings. The number of nitrogens with one attached hydrogen (secondary N) is 3. The van der Waals surface area contributed by atoms with Crippen molar-refractivity contribution in [3.63, 3.8) is 0 Å². The van der Waals surface area contributed by atoms with Gasteiger partial charge in [-0.25, -0.2) is 15.0 Å². The summed E-state index contributed by atoms with van der Waals surface area (Å²) in [5, 5.41) is 29.9. The monoisotopic (exact) mass is 557 g/mol. The lowest BCUT2D eigenvalue weighted by atomic mass is 9.95. The van der Waals surface area contributed by atoms with Crippen LogP contribution in [0.3, 0.4) is 0 Å². The maximum absolute atomic E-state index is 12.5. The first-order chi connectivity index (χ1) is 19.1. The van der Waals surface area contributed by atoms with Gasteiger partial charge in [-0.1, -0.05) is 6.07 Å². The zero-order valence-corrected chi connectivity index (χ0v) is 22.0. The Balaban J connectivity index is 1.70. The number of carbonyl (C=O) groups excluding carboxylic acids is 3. The number of urea groups is 1. The number of hydrogen-bond donors (Lipinski definition) is 4. The second-order valence-corrected chi connectivity index (χ2v) is 8.13. The molecule has 3 rings (SSSR count). The highest BCUT2D eigenvalue weighted by Gasteiger charge is 2.32. The van der Waals surface area contributed by atoms with E-state index in [1.54, 1.807) is 26.0 Å². The third-order valence-corrected chi connectivity index (χ3v) is 5.54. The molecule has 0 aliphatic carbocycles. The molecule has 0 bridgehead atoms. The van der Waals surface area contributed by atoms with Gasteiger partial charge in [0.05, 0.1) is 43.6 Å². The molecule has 2 aromatic rings. The number of esters is 1. The molecule has 0 saturated heterocycles. The van der Waals surface area contributed by atoms with Gasteiger partial charge >= 0.3 is 17.7 Å². The fourth-order valence-electron chi connectivity index (χ4n) is 3.74. The van der Waals surface area contributed by atoms with Gasteiger partial charge in [0.15, 0.2) is 23.9 Å². The Kier molecular flexibility index (Phi) is 9.46. The van der Waals surface area contributed by atoms with Crippen molar-refractivity contribution < 1.29 is 43.4 Å². The van der Waals surface area contributed by atoms with Crippen LogP contribution in [0, 0.1) is 10.1 Å². The minimum absolute atomic E-state index is 0.134. The molecule has 40 heavy (non-hydrogen) atoms. The van der Waals surface area contributed by atoms with Gasteiger partial charge in [0.2, 0.25) is 5.75 Å². The molecule has 2 aromatic carbocycles. The Hall–Kier alpha value is -5.34. The molecule has 15 nitrogen and oxygen atoms in total. The van der Waals surface area contributed by atoms with Crippen molar-refractivity contribution in [2.24, 2.45) is 5.10 Å². The van der Waals surface area contributed by atoms with Gasteiger partial charge in [-0.2, -0.15) is 5.10 Å². The van der Waals surface area contributed by atoms with Gasteiger partial charge < -0.3 is 34.7 Å². The Labute approximate surface area is 227 Å². The number of nitro groups is 1. The molecule has 1 aliphatic rings. The van der Waals surface area contributed by atoms with Crippen molar-refractivity contribution in [1.82, 2.24) is 16.1 Å². The number of methoxy groups -OCH3 is 2. The van der Waals surface area contributed by atoms with E-state index < -0.39 is 46.9 Å². The second-order valence-electron chi connectivity index (χ2n) is 8.13.